The molecule has 2 aliphatic rings. The highest BCUT2D eigenvalue weighted by molar-refractivity contribution is 8.03. The second-order valence-corrected chi connectivity index (χ2v) is 7.80. The molecule has 0 aromatic carbocycles. The van der Waals surface area contributed by atoms with Crippen LogP contribution in [0.1, 0.15) is 20.3 Å². The third kappa shape index (κ3) is 4.32. The van der Waals surface area contributed by atoms with Crippen LogP contribution < -0.4 is 10.4 Å². The van der Waals surface area contributed by atoms with Gasteiger partial charge >= 0.3 is 0 Å². The van der Waals surface area contributed by atoms with Crippen LogP contribution in [0.25, 0.3) is 0 Å². The van der Waals surface area contributed by atoms with Gasteiger partial charge in [0.05, 0.1) is 29.7 Å². The van der Waals surface area contributed by atoms with Crippen molar-refractivity contribution in [2.24, 2.45) is 5.92 Å². The number of β-lactam (4-membered cyclic amide) rings is 1. The molecular formula is C13H16N2O8S2-2. The van der Waals surface area contributed by atoms with Crippen molar-refractivity contribution in [1.29, 1.82) is 0 Å². The Morgan fingerprint density at radius 3 is 2.64 bits per heavy atom. The first-order chi connectivity index (χ1) is 11.5. The number of amides is 2. The van der Waals surface area contributed by atoms with Gasteiger partial charge in [-0.05, 0) is 6.92 Å². The summed E-state index contributed by atoms with van der Waals surface area (Å²) in [6, 6.07) is -0.597. The number of thioether (sulfide) groups is 1. The van der Waals surface area contributed by atoms with Gasteiger partial charge in [-0.3, -0.25) is 13.8 Å². The van der Waals surface area contributed by atoms with Crippen LogP contribution in [-0.2, 0) is 29.0 Å². The third-order valence-corrected chi connectivity index (χ3v) is 5.55. The van der Waals surface area contributed by atoms with E-state index in [1.807, 2.05) is 0 Å². The molecule has 12 heteroatoms. The second kappa shape index (κ2) is 7.32. The van der Waals surface area contributed by atoms with E-state index in [1.54, 1.807) is 0 Å². The Morgan fingerprint density at radius 1 is 1.48 bits per heavy atom. The predicted molar refractivity (Wildman–Crippen MR) is 82.2 cm³/mol. The van der Waals surface area contributed by atoms with Gasteiger partial charge in [0, 0.05) is 30.5 Å². The number of nitrogens with one attached hydrogen (secondary N) is 1. The fourth-order valence-electron chi connectivity index (χ4n) is 2.98. The number of hydrogen-bond donors (Lipinski definition) is 1. The summed E-state index contributed by atoms with van der Waals surface area (Å²) in [5.41, 5.74) is -0.253. The molecule has 10 nitrogen and oxygen atoms in total. The highest BCUT2D eigenvalue weighted by atomic mass is 32.3. The molecular weight excluding hydrogens is 376 g/mol. The van der Waals surface area contributed by atoms with Crippen LogP contribution >= 0.6 is 11.8 Å². The zero-order valence-electron chi connectivity index (χ0n) is 13.4. The number of carbonyl (C=O) groups excluding carboxylic acids is 3. The number of carboxylic acid groups (broad SMARTS) is 1. The molecule has 2 amide bonds. The maximum Gasteiger partial charge on any atom is 0.235 e. The number of hydrogen-bond acceptors (Lipinski definition) is 9. The molecule has 2 rings (SSSR count). The first-order valence-corrected chi connectivity index (χ1v) is 9.63. The van der Waals surface area contributed by atoms with E-state index >= 15 is 0 Å². The minimum atomic E-state index is -4.97. The number of rotatable bonds is 8. The summed E-state index contributed by atoms with van der Waals surface area (Å²) in [6.07, 6.45) is -1.00. The number of nitrogens with zero attached hydrogens (tertiary/aromatic N) is 1. The molecule has 1 N–H and O–H groups in total. The Hall–Kier alpha value is -1.63. The Kier molecular flexibility index (Phi) is 5.76. The van der Waals surface area contributed by atoms with Crippen molar-refractivity contribution in [2.75, 3.05) is 12.3 Å². The highest BCUT2D eigenvalue weighted by Crippen LogP contribution is 2.47. The van der Waals surface area contributed by atoms with Gasteiger partial charge in [-0.1, -0.05) is 0 Å². The number of carboxylic acids is 1. The van der Waals surface area contributed by atoms with Crippen LogP contribution in [0.2, 0.25) is 0 Å². The molecule has 1 saturated heterocycles. The van der Waals surface area contributed by atoms with Crippen LogP contribution in [0.4, 0.5) is 0 Å². The molecule has 0 spiro atoms. The number of aliphatic carboxylic acids is 1. The van der Waals surface area contributed by atoms with Gasteiger partial charge in [-0.2, -0.15) is 0 Å². The lowest BCUT2D eigenvalue weighted by Crippen LogP contribution is -2.63. The van der Waals surface area contributed by atoms with E-state index in [9.17, 15) is 32.5 Å². The summed E-state index contributed by atoms with van der Waals surface area (Å²) < 4.78 is 36.4. The van der Waals surface area contributed by atoms with Gasteiger partial charge in [-0.15, -0.1) is 11.8 Å². The molecule has 25 heavy (non-hydrogen) atoms. The highest BCUT2D eigenvalue weighted by Gasteiger charge is 2.56. The fourth-order valence-corrected chi connectivity index (χ4v) is 4.53. The topological polar surface area (TPSA) is 156 Å². The van der Waals surface area contributed by atoms with E-state index in [2.05, 4.69) is 9.50 Å². The summed E-state index contributed by atoms with van der Waals surface area (Å²) in [5, 5.41) is 13.9. The molecule has 0 radical (unpaired) electrons. The van der Waals surface area contributed by atoms with E-state index in [0.29, 0.717) is 17.2 Å². The maximum absolute atomic E-state index is 12.2. The average Bonchev–Trinajstić information content (AvgIpc) is 2.76. The summed E-state index contributed by atoms with van der Waals surface area (Å²) in [4.78, 5) is 35.8. The lowest BCUT2D eigenvalue weighted by atomic mass is 9.83. The van der Waals surface area contributed by atoms with E-state index in [4.69, 9.17) is 0 Å². The lowest BCUT2D eigenvalue weighted by Gasteiger charge is -2.46. The van der Waals surface area contributed by atoms with Gasteiger partial charge in [0.2, 0.25) is 22.2 Å². The average molecular weight is 392 g/mol. The standard InChI is InChI=1S/C13H18N2O8S2/c1-6(23-25(20,21)22)10-8-5-9(24-4-3-14-7(2)16)11(13(18)19)15(8)12(10)17/h6,8,10H,3-5H2,1-2H3,(H,14,16)(H,18,19)(H,20,21,22)/p-2/t6-,8+,10-/m0/s1. The van der Waals surface area contributed by atoms with Crippen LogP contribution in [-0.4, -0.2) is 60.1 Å². The normalized spacial score (nSPS) is 24.0. The van der Waals surface area contributed by atoms with Crippen LogP contribution in [0.15, 0.2) is 10.6 Å². The van der Waals surface area contributed by atoms with Crippen LogP contribution in [0.3, 0.4) is 0 Å². The smallest absolute Gasteiger partial charge is 0.235 e. The van der Waals surface area contributed by atoms with Gasteiger partial charge in [0.1, 0.15) is 0 Å². The van der Waals surface area contributed by atoms with Gasteiger partial charge in [-0.25, -0.2) is 8.42 Å². The van der Waals surface area contributed by atoms with Crippen molar-refractivity contribution in [3.63, 3.8) is 0 Å². The third-order valence-electron chi connectivity index (χ3n) is 3.89. The fraction of sp³-hybridized carbons (Fsp3) is 0.615. The molecule has 0 bridgehead atoms. The Morgan fingerprint density at radius 2 is 2.12 bits per heavy atom. The van der Waals surface area contributed by atoms with E-state index in [-0.39, 0.29) is 18.0 Å². The van der Waals surface area contributed by atoms with E-state index < -0.39 is 40.3 Å². The number of fused-ring (bicyclic) bond motifs is 1. The molecule has 0 aromatic heterocycles. The molecule has 1 fully saturated rings. The van der Waals surface area contributed by atoms with Crippen molar-refractivity contribution < 1.29 is 36.6 Å². The van der Waals surface area contributed by atoms with Crippen molar-refractivity contribution >= 4 is 39.9 Å². The van der Waals surface area contributed by atoms with E-state index in [1.165, 1.54) is 25.6 Å². The lowest BCUT2D eigenvalue weighted by molar-refractivity contribution is -0.301. The predicted octanol–water partition coefficient (Wildman–Crippen LogP) is -2.09. The molecule has 2 heterocycles. The zero-order valence-corrected chi connectivity index (χ0v) is 15.0. The van der Waals surface area contributed by atoms with Gasteiger partial charge in [0.15, 0.2) is 0 Å². The first-order valence-electron chi connectivity index (χ1n) is 7.32. The second-order valence-electron chi connectivity index (χ2n) is 5.61. The Bertz CT molecular complexity index is 732. The molecule has 0 aromatic rings. The Balaban J connectivity index is 2.08. The van der Waals surface area contributed by atoms with Crippen molar-refractivity contribution in [3.8, 4) is 0 Å². The zero-order chi connectivity index (χ0) is 18.9. The summed E-state index contributed by atoms with van der Waals surface area (Å²) in [6.45, 7) is 2.95. The summed E-state index contributed by atoms with van der Waals surface area (Å²) in [5.74, 6) is -2.89. The largest absolute Gasteiger partial charge is 0.726 e. The monoisotopic (exact) mass is 392 g/mol. The molecule has 0 aliphatic carbocycles. The van der Waals surface area contributed by atoms with Crippen LogP contribution in [0.5, 0.6) is 0 Å². The van der Waals surface area contributed by atoms with Crippen LogP contribution in [0, 0.1) is 5.92 Å². The quantitative estimate of drug-likeness (QED) is 0.212. The van der Waals surface area contributed by atoms with Crippen molar-refractivity contribution in [3.05, 3.63) is 10.6 Å². The van der Waals surface area contributed by atoms with Crippen molar-refractivity contribution in [1.82, 2.24) is 10.2 Å². The van der Waals surface area contributed by atoms with Crippen molar-refractivity contribution in [2.45, 2.75) is 32.4 Å². The Labute approximate surface area is 148 Å². The number of carbonyl (C=O) groups is 3. The van der Waals surface area contributed by atoms with Gasteiger partial charge < -0.3 is 24.7 Å². The van der Waals surface area contributed by atoms with E-state index in [0.717, 1.165) is 4.90 Å². The summed E-state index contributed by atoms with van der Waals surface area (Å²) in [7, 11) is -4.97. The molecule has 0 saturated carbocycles. The minimum absolute atomic E-state index is 0.192. The first kappa shape index (κ1) is 19.7. The minimum Gasteiger partial charge on any atom is -0.726 e. The summed E-state index contributed by atoms with van der Waals surface area (Å²) >= 11 is 1.17. The molecule has 3 atom stereocenters. The molecule has 2 aliphatic heterocycles. The molecule has 140 valence electrons. The molecule has 0 unspecified atom stereocenters. The SMILES string of the molecule is CC(=O)NCCSC1=C(C(=O)[O-])N2C(=O)[C@@H]([C@H](C)OS(=O)(=O)[O-])[C@H]2C1. The maximum atomic E-state index is 12.2. The van der Waals surface area contributed by atoms with Gasteiger partial charge in [0.25, 0.3) is 0 Å².